The molecule has 140 heavy (non-hydrogen) atoms. The van der Waals surface area contributed by atoms with Crippen molar-refractivity contribution in [2.24, 2.45) is 0 Å². The Hall–Kier alpha value is -14.1. The van der Waals surface area contributed by atoms with Gasteiger partial charge in [0.05, 0.1) is 88.5 Å². The molecule has 41 heteroatoms. The van der Waals surface area contributed by atoms with Gasteiger partial charge in [-0.05, 0) is 220 Å². The number of aromatic nitrogens is 14. The zero-order valence-corrected chi connectivity index (χ0v) is 81.8. The van der Waals surface area contributed by atoms with E-state index < -0.39 is 52.5 Å². The number of nitrogens with two attached hydrogens (primary N) is 7. The average molecular weight is 2010 g/mol. The van der Waals surface area contributed by atoms with Crippen LogP contribution < -0.4 is 59.7 Å². The molecule has 15 N–H and O–H groups in total. The molecule has 0 spiro atoms. The number of nitrogen functional groups attached to an aromatic ring is 7. The minimum absolute atomic E-state index is 0.00725. The van der Waals surface area contributed by atoms with Gasteiger partial charge in [-0.15, -0.1) is 0 Å². The Bertz CT molecular complexity index is 6650. The number of halogens is 16. The molecule has 0 saturated heterocycles. The van der Waals surface area contributed by atoms with Crippen LogP contribution in [-0.2, 0) is 68.6 Å². The summed E-state index contributed by atoms with van der Waals surface area (Å²) in [5.41, 5.74) is 50.3. The summed E-state index contributed by atoms with van der Waals surface area (Å²) in [6.07, 6.45) is -14.4. The van der Waals surface area contributed by atoms with E-state index in [2.05, 4.69) is 134 Å². The third-order valence-corrected chi connectivity index (χ3v) is 21.6. The summed E-state index contributed by atoms with van der Waals surface area (Å²) in [5.74, 6) is 3.69. The van der Waals surface area contributed by atoms with Crippen molar-refractivity contribution in [1.82, 2.24) is 69.8 Å². The van der Waals surface area contributed by atoms with Gasteiger partial charge < -0.3 is 59.7 Å². The molecule has 14 aromatic rings. The van der Waals surface area contributed by atoms with Crippen LogP contribution in [0.3, 0.4) is 0 Å². The Labute approximate surface area is 816 Å². The Morgan fingerprint density at radius 2 is 0.657 bits per heavy atom. The predicted octanol–water partition coefficient (Wildman–Crippen LogP) is 24.7. The molecular formula is C99H106Cl3F13N22O3. The molecule has 0 unspecified atom stereocenters. The number of aryl methyl sites for hydroxylation is 8. The fourth-order valence-corrected chi connectivity index (χ4v) is 14.0. The molecule has 0 aliphatic carbocycles. The molecule has 0 saturated carbocycles. The lowest BCUT2D eigenvalue weighted by atomic mass is 9.85. The van der Waals surface area contributed by atoms with Gasteiger partial charge in [-0.3, -0.25) is 0 Å². The largest absolute Gasteiger partial charge is 0.496 e. The number of methoxy groups -OCH3 is 3. The van der Waals surface area contributed by atoms with Crippen LogP contribution in [-0.4, -0.2) is 98.2 Å². The Kier molecular flexibility index (Phi) is 38.5. The summed E-state index contributed by atoms with van der Waals surface area (Å²) in [5, 5.41) is 3.23. The minimum atomic E-state index is -4.83. The zero-order chi connectivity index (χ0) is 104. The average Bonchev–Trinajstić information content (AvgIpc) is 0.770. The van der Waals surface area contributed by atoms with Gasteiger partial charge >= 0.3 is 24.7 Å². The molecule has 7 aromatic carbocycles. The van der Waals surface area contributed by atoms with Crippen LogP contribution in [0.1, 0.15) is 161 Å². The first kappa shape index (κ1) is 111. The van der Waals surface area contributed by atoms with Crippen molar-refractivity contribution in [3.8, 4) is 96.1 Å². The summed E-state index contributed by atoms with van der Waals surface area (Å²) >= 11 is 17.7. The van der Waals surface area contributed by atoms with E-state index in [0.29, 0.717) is 105 Å². The minimum Gasteiger partial charge on any atom is -0.496 e. The fourth-order valence-electron chi connectivity index (χ4n) is 13.4. The maximum absolute atomic E-state index is 13.7. The highest BCUT2D eigenvalue weighted by atomic mass is 35.5. The first-order chi connectivity index (χ1) is 65.7. The second kappa shape index (κ2) is 48.4. The molecule has 7 heterocycles. The van der Waals surface area contributed by atoms with E-state index in [1.54, 1.807) is 78.6 Å². The number of ether oxygens (including phenoxy) is 3. The monoisotopic (exact) mass is 2000 g/mol. The van der Waals surface area contributed by atoms with Crippen molar-refractivity contribution in [2.45, 2.75) is 165 Å². The van der Waals surface area contributed by atoms with Crippen molar-refractivity contribution in [3.63, 3.8) is 0 Å². The number of hydrogen-bond donors (Lipinski definition) is 8. The van der Waals surface area contributed by atoms with Gasteiger partial charge in [0.1, 0.15) is 28.9 Å². The highest BCUT2D eigenvalue weighted by Gasteiger charge is 2.39. The fraction of sp³-hybridized carbons (Fsp3) is 0.293. The zero-order valence-electron chi connectivity index (χ0n) is 79.5. The van der Waals surface area contributed by atoms with E-state index in [1.165, 1.54) is 35.4 Å². The molecule has 14 rings (SSSR count). The van der Waals surface area contributed by atoms with Crippen LogP contribution in [0.5, 0.6) is 17.2 Å². The number of hydrogen-bond acceptors (Lipinski definition) is 25. The molecule has 0 aliphatic heterocycles. The lowest BCUT2D eigenvalue weighted by Crippen LogP contribution is -2.12. The number of nitrogens with one attached hydrogen (secondary N) is 1. The molecule has 742 valence electrons. The summed E-state index contributed by atoms with van der Waals surface area (Å²) in [7, 11) is 6.59. The van der Waals surface area contributed by atoms with Gasteiger partial charge in [-0.25, -0.2) is 69.2 Å². The van der Waals surface area contributed by atoms with Crippen molar-refractivity contribution < 1.29 is 71.3 Å². The summed E-state index contributed by atoms with van der Waals surface area (Å²) in [6, 6.07) is 41.2. The Balaban J connectivity index is 0.000000200. The Morgan fingerprint density at radius 3 is 1.04 bits per heavy atom. The maximum Gasteiger partial charge on any atom is 0.417 e. The number of nitrogens with zero attached hydrogens (tertiary/aromatic N) is 14. The maximum atomic E-state index is 13.7. The second-order valence-corrected chi connectivity index (χ2v) is 33.4. The lowest BCUT2D eigenvalue weighted by Gasteiger charge is -2.21. The lowest BCUT2D eigenvalue weighted by molar-refractivity contribution is -0.141. The number of anilines is 8. The smallest absolute Gasteiger partial charge is 0.417 e. The Morgan fingerprint density at radius 1 is 0.321 bits per heavy atom. The quantitative estimate of drug-likeness (QED) is 0.0370. The van der Waals surface area contributed by atoms with E-state index in [4.69, 9.17) is 89.1 Å². The molecule has 0 radical (unpaired) electrons. The molecule has 0 fully saturated rings. The molecular weight excluding hydrogens is 1900 g/mol. The van der Waals surface area contributed by atoms with Gasteiger partial charge in [0, 0.05) is 96.3 Å². The first-order valence-corrected chi connectivity index (χ1v) is 44.5. The summed E-state index contributed by atoms with van der Waals surface area (Å²) < 4.78 is 184. The van der Waals surface area contributed by atoms with Crippen molar-refractivity contribution >= 4 is 82.3 Å². The van der Waals surface area contributed by atoms with Crippen molar-refractivity contribution in [2.75, 3.05) is 73.8 Å². The topological polar surface area (TPSA) is 402 Å². The van der Waals surface area contributed by atoms with Gasteiger partial charge in [0.25, 0.3) is 0 Å². The predicted molar refractivity (Wildman–Crippen MR) is 526 cm³/mol. The number of benzene rings is 7. The normalized spacial score (nSPS) is 11.3. The molecule has 0 aliphatic rings. The second-order valence-electron chi connectivity index (χ2n) is 32.2. The van der Waals surface area contributed by atoms with Gasteiger partial charge in [0.2, 0.25) is 41.6 Å². The molecule has 0 amide bonds. The van der Waals surface area contributed by atoms with Crippen LogP contribution in [0.2, 0.25) is 15.1 Å². The highest BCUT2D eigenvalue weighted by molar-refractivity contribution is 6.33. The highest BCUT2D eigenvalue weighted by Crippen LogP contribution is 2.45. The van der Waals surface area contributed by atoms with Crippen LogP contribution in [0.25, 0.3) is 78.8 Å². The van der Waals surface area contributed by atoms with Gasteiger partial charge in [-0.2, -0.15) is 57.7 Å². The number of rotatable bonds is 18. The summed E-state index contributed by atoms with van der Waals surface area (Å²) in [4.78, 5) is 57.0. The van der Waals surface area contributed by atoms with E-state index >= 15 is 0 Å². The third-order valence-electron chi connectivity index (χ3n) is 20.7. The van der Waals surface area contributed by atoms with E-state index in [9.17, 15) is 57.1 Å². The molecule has 0 bridgehead atoms. The van der Waals surface area contributed by atoms with Crippen LogP contribution in [0, 0.1) is 19.7 Å². The van der Waals surface area contributed by atoms with Crippen LogP contribution in [0.4, 0.5) is 105 Å². The molecule has 25 nitrogen and oxygen atoms in total. The molecule has 7 aromatic heterocycles. The summed E-state index contributed by atoms with van der Waals surface area (Å²) in [6.45, 7) is 26.0. The van der Waals surface area contributed by atoms with E-state index in [0.717, 1.165) is 117 Å². The number of alkyl halides is 12. The van der Waals surface area contributed by atoms with E-state index in [1.807, 2.05) is 84.0 Å². The molecule has 0 atom stereocenters. The standard InChI is InChI=1S/C17H23N3O.C16H21N3O.C14H11F6N3.C13H12ClF3N4.C13H11ClF3N3.C13H14ClN3O.C13H14FN3/c1-6-12-10-14(20-16(18)19-12)13-9-11(17(2,3)4)7-8-15(13)21-5;1-5-12-9-14(19-16(17)18-12)13-8-11(10(2)3)6-7-15(13)20-4;1-2-8-6-11(23-12(21)22-8)9-5-7(13(15,16)17)3-4-10(9)14(18,19)20;1-6-3-8(13(15,16)17)9(14)4-7(6)10-5-11(19-2)21-12(18)20-10;1-2-8-6-11(20-12(18)19-8)9-5-7(13(15,16)17)3-4-10(9)14;1-3-9-7-11(17-13(15)16-9)10-6-8(14)4-5-12(10)18-2;1-3-9-7-12(17-13(15)16-9)10-6-8(2)4-5-11(10)14/h7-10H,6H2,1-5H3,(H2,18,19,20);6-10H,5H2,1-4H3,(H2,17,18,19);3-6H,2H2,1H3,(H2,21,22,23);3-5H,1-2H3,(H3,18,19,20,21);3-6H,2H2,1H3,(H2,18,19,20);4-7H,3H2,1-2H3,(H2,15,16,17);4-7H,3H2,1-2H3,(H2,15,16,17). The van der Waals surface area contributed by atoms with Crippen LogP contribution >= 0.6 is 34.8 Å². The SMILES string of the molecule is CCc1cc(-c2cc(C(C)(C)C)ccc2OC)nc(N)n1.CCc1cc(-c2cc(C(C)C)ccc2OC)nc(N)n1.CCc1cc(-c2cc(C(F)(F)F)ccc2C(F)(F)F)nc(N)n1.CCc1cc(-c2cc(C(F)(F)F)ccc2Cl)nc(N)n1.CCc1cc(-c2cc(C)ccc2F)nc(N)n1.CCc1cc(-c2cc(Cl)ccc2OC)nc(N)n1.CNc1cc(-c2cc(Cl)c(C(F)(F)F)cc2C)nc(N)n1. The van der Waals surface area contributed by atoms with Crippen LogP contribution in [0.15, 0.2) is 164 Å². The third kappa shape index (κ3) is 30.9. The van der Waals surface area contributed by atoms with Crippen molar-refractivity contribution in [1.29, 1.82) is 0 Å². The van der Waals surface area contributed by atoms with Crippen molar-refractivity contribution in [3.05, 3.63) is 263 Å². The first-order valence-electron chi connectivity index (χ1n) is 43.3. The van der Waals surface area contributed by atoms with Gasteiger partial charge in [0.15, 0.2) is 0 Å². The van der Waals surface area contributed by atoms with E-state index in [-0.39, 0.29) is 68.0 Å². The van der Waals surface area contributed by atoms with Gasteiger partial charge in [-0.1, -0.05) is 135 Å².